The normalized spacial score (nSPS) is 20.9. The second kappa shape index (κ2) is 9.19. The van der Waals surface area contributed by atoms with Gasteiger partial charge in [0.1, 0.15) is 11.6 Å². The smallest absolute Gasteiger partial charge is 0.256 e. The molecule has 36 heavy (non-hydrogen) atoms. The summed E-state index contributed by atoms with van der Waals surface area (Å²) in [6.45, 7) is 3.36. The Kier molecular flexibility index (Phi) is 6.00. The number of benzene rings is 1. The second-order valence-electron chi connectivity index (χ2n) is 10.8. The molecule has 0 atom stereocenters. The van der Waals surface area contributed by atoms with Crippen molar-refractivity contribution >= 4 is 11.7 Å². The van der Waals surface area contributed by atoms with Crippen LogP contribution in [0.4, 0.5) is 4.39 Å². The number of aromatic nitrogens is 2. The number of aromatic amines is 1. The van der Waals surface area contributed by atoms with Crippen molar-refractivity contribution in [2.45, 2.75) is 51.7 Å². The molecule has 1 saturated heterocycles. The van der Waals surface area contributed by atoms with Crippen molar-refractivity contribution in [1.82, 2.24) is 19.8 Å². The number of amides is 1. The predicted molar refractivity (Wildman–Crippen MR) is 129 cm³/mol. The Bertz CT molecular complexity index is 1260. The first-order valence-corrected chi connectivity index (χ1v) is 12.9. The van der Waals surface area contributed by atoms with E-state index in [2.05, 4.69) is 14.9 Å². The number of hydrogen-bond acceptors (Lipinski definition) is 6. The number of nitrogens with zero attached hydrogens (tertiary/aromatic N) is 3. The summed E-state index contributed by atoms with van der Waals surface area (Å²) in [7, 11) is 0. The molecule has 1 aromatic heterocycles. The van der Waals surface area contributed by atoms with Crippen LogP contribution in [0.3, 0.4) is 0 Å². The highest BCUT2D eigenvalue weighted by molar-refractivity contribution is 6.05. The number of ketones is 1. The van der Waals surface area contributed by atoms with Crippen molar-refractivity contribution in [2.24, 2.45) is 11.3 Å². The molecule has 0 radical (unpaired) electrons. The van der Waals surface area contributed by atoms with Gasteiger partial charge in [-0.1, -0.05) is 0 Å². The molecule has 1 N–H and O–H groups in total. The zero-order valence-electron chi connectivity index (χ0n) is 20.4. The molecule has 2 aromatic rings. The van der Waals surface area contributed by atoms with E-state index in [1.807, 2.05) is 4.90 Å². The maximum absolute atomic E-state index is 13.7. The summed E-state index contributed by atoms with van der Waals surface area (Å²) in [5, 5.41) is 0. The summed E-state index contributed by atoms with van der Waals surface area (Å²) in [4.78, 5) is 50.4. The molecule has 1 amide bonds. The van der Waals surface area contributed by atoms with Crippen molar-refractivity contribution in [3.05, 3.63) is 62.6 Å². The number of halogens is 1. The van der Waals surface area contributed by atoms with Crippen molar-refractivity contribution < 1.29 is 18.7 Å². The first-order chi connectivity index (χ1) is 17.4. The number of nitrogens with one attached hydrogen (secondary N) is 1. The minimum absolute atomic E-state index is 0.0182. The molecule has 4 aliphatic rings. The van der Waals surface area contributed by atoms with E-state index >= 15 is 0 Å². The molecule has 1 aromatic carbocycles. The van der Waals surface area contributed by atoms with Gasteiger partial charge in [0.05, 0.1) is 37.6 Å². The molecular weight excluding hydrogens is 463 g/mol. The zero-order valence-corrected chi connectivity index (χ0v) is 20.4. The Morgan fingerprint density at radius 3 is 2.83 bits per heavy atom. The third-order valence-electron chi connectivity index (χ3n) is 8.24. The van der Waals surface area contributed by atoms with E-state index in [1.165, 1.54) is 12.1 Å². The number of fused-ring (bicyclic) bond motifs is 2. The quantitative estimate of drug-likeness (QED) is 0.662. The van der Waals surface area contributed by atoms with Crippen molar-refractivity contribution in [2.75, 3.05) is 32.8 Å². The van der Waals surface area contributed by atoms with Crippen molar-refractivity contribution in [1.29, 1.82) is 0 Å². The number of carbonyl (C=O) groups excluding carboxylic acids is 2. The third kappa shape index (κ3) is 4.50. The van der Waals surface area contributed by atoms with Gasteiger partial charge >= 0.3 is 0 Å². The molecule has 0 bridgehead atoms. The third-order valence-corrected chi connectivity index (χ3v) is 8.24. The maximum Gasteiger partial charge on any atom is 0.256 e. The van der Waals surface area contributed by atoms with Gasteiger partial charge in [-0.2, -0.15) is 0 Å². The molecule has 3 heterocycles. The summed E-state index contributed by atoms with van der Waals surface area (Å²) in [5.41, 5.74) is 2.14. The summed E-state index contributed by atoms with van der Waals surface area (Å²) < 4.78 is 19.1. The fourth-order valence-corrected chi connectivity index (χ4v) is 5.91. The lowest BCUT2D eigenvalue weighted by atomic mass is 9.75. The fourth-order valence-electron chi connectivity index (χ4n) is 5.91. The first-order valence-electron chi connectivity index (χ1n) is 12.9. The zero-order chi connectivity index (χ0) is 24.9. The van der Waals surface area contributed by atoms with Crippen LogP contribution in [0.15, 0.2) is 23.0 Å². The van der Waals surface area contributed by atoms with Gasteiger partial charge in [-0.05, 0) is 74.9 Å². The number of hydrogen-bond donors (Lipinski definition) is 1. The van der Waals surface area contributed by atoms with Gasteiger partial charge < -0.3 is 14.6 Å². The molecule has 1 spiro atoms. The lowest BCUT2D eigenvalue weighted by Gasteiger charge is -2.38. The molecule has 2 aliphatic heterocycles. The highest BCUT2D eigenvalue weighted by Crippen LogP contribution is 2.44. The van der Waals surface area contributed by atoms with Gasteiger partial charge in [-0.25, -0.2) is 9.37 Å². The number of Topliss-reactive ketones (excluding diaryl/α,β-unsaturated/α-hetero) is 1. The molecule has 1 saturated carbocycles. The van der Waals surface area contributed by atoms with E-state index in [0.717, 1.165) is 24.1 Å². The molecule has 190 valence electrons. The average molecular weight is 495 g/mol. The summed E-state index contributed by atoms with van der Waals surface area (Å²) in [6, 6.07) is 4.45. The van der Waals surface area contributed by atoms with Crippen LogP contribution in [0.1, 0.15) is 58.7 Å². The molecular formula is C27H31FN4O4. The Morgan fingerprint density at radius 2 is 2.06 bits per heavy atom. The van der Waals surface area contributed by atoms with E-state index < -0.39 is 5.41 Å². The Balaban J connectivity index is 1.11. The highest BCUT2D eigenvalue weighted by Gasteiger charge is 2.47. The minimum Gasteiger partial charge on any atom is -0.376 e. The first kappa shape index (κ1) is 23.5. The molecule has 2 fully saturated rings. The van der Waals surface area contributed by atoms with E-state index in [4.69, 9.17) is 4.74 Å². The van der Waals surface area contributed by atoms with Crippen molar-refractivity contribution in [3.63, 3.8) is 0 Å². The number of piperidine rings is 1. The van der Waals surface area contributed by atoms with E-state index in [1.54, 1.807) is 6.07 Å². The fraction of sp³-hybridized carbons (Fsp3) is 0.556. The summed E-state index contributed by atoms with van der Waals surface area (Å²) >= 11 is 0. The van der Waals surface area contributed by atoms with Crippen LogP contribution in [0, 0.1) is 17.2 Å². The van der Waals surface area contributed by atoms with Crippen LogP contribution < -0.4 is 5.56 Å². The Labute approximate surface area is 208 Å². The van der Waals surface area contributed by atoms with Gasteiger partial charge in [0, 0.05) is 23.9 Å². The summed E-state index contributed by atoms with van der Waals surface area (Å²) in [5.74, 6) is 0.858. The van der Waals surface area contributed by atoms with Gasteiger partial charge in [-0.3, -0.25) is 19.3 Å². The summed E-state index contributed by atoms with van der Waals surface area (Å²) in [6.07, 6.45) is 4.75. The average Bonchev–Trinajstić information content (AvgIpc) is 3.64. The lowest BCUT2D eigenvalue weighted by Crippen LogP contribution is -2.48. The number of carbonyl (C=O) groups is 2. The standard InChI is InChI=1S/C27H31FN4O4/c28-19-3-4-20-18(11-19)12-27(25(20)34)6-8-31(9-7-27)15-24(33)32(13-17-1-2-17)14-23-29-22-5-10-36-16-21(22)26(35)30-23/h3-4,11,17H,1-2,5-10,12-16H2,(H,29,30,35). The molecule has 0 unspecified atom stereocenters. The Hall–Kier alpha value is -2.91. The highest BCUT2D eigenvalue weighted by atomic mass is 19.1. The largest absolute Gasteiger partial charge is 0.376 e. The van der Waals surface area contributed by atoms with Crippen LogP contribution in [-0.4, -0.2) is 64.2 Å². The lowest BCUT2D eigenvalue weighted by molar-refractivity contribution is -0.134. The SMILES string of the molecule is O=C(CN1CCC2(CC1)Cc1cc(F)ccc1C2=O)N(Cc1nc2c(c(=O)[nH]1)COCC2)CC1CC1. The van der Waals surface area contributed by atoms with Crippen LogP contribution in [0.5, 0.6) is 0 Å². The predicted octanol–water partition coefficient (Wildman–Crippen LogP) is 2.24. The number of rotatable bonds is 6. The van der Waals surface area contributed by atoms with E-state index in [9.17, 15) is 18.8 Å². The van der Waals surface area contributed by atoms with Crippen LogP contribution >= 0.6 is 0 Å². The van der Waals surface area contributed by atoms with Crippen LogP contribution in [0.2, 0.25) is 0 Å². The van der Waals surface area contributed by atoms with E-state index in [-0.39, 0.29) is 42.8 Å². The minimum atomic E-state index is -0.473. The number of H-pyrrole nitrogens is 1. The molecule has 9 heteroatoms. The van der Waals surface area contributed by atoms with Gasteiger partial charge in [0.25, 0.3) is 5.56 Å². The van der Waals surface area contributed by atoms with Gasteiger partial charge in [0.15, 0.2) is 5.78 Å². The maximum atomic E-state index is 13.7. The van der Waals surface area contributed by atoms with E-state index in [0.29, 0.717) is 74.8 Å². The molecule has 8 nitrogen and oxygen atoms in total. The van der Waals surface area contributed by atoms with Gasteiger partial charge in [0.2, 0.25) is 5.91 Å². The Morgan fingerprint density at radius 1 is 1.25 bits per heavy atom. The van der Waals surface area contributed by atoms with Crippen molar-refractivity contribution in [3.8, 4) is 0 Å². The van der Waals surface area contributed by atoms with Crippen LogP contribution in [0.25, 0.3) is 0 Å². The van der Waals surface area contributed by atoms with Gasteiger partial charge in [-0.15, -0.1) is 0 Å². The topological polar surface area (TPSA) is 95.6 Å². The molecule has 2 aliphatic carbocycles. The second-order valence-corrected chi connectivity index (χ2v) is 10.8. The number of ether oxygens (including phenoxy) is 1. The number of likely N-dealkylation sites (tertiary alicyclic amines) is 1. The molecule has 6 rings (SSSR count). The monoisotopic (exact) mass is 494 g/mol. The van der Waals surface area contributed by atoms with Crippen LogP contribution in [-0.2, 0) is 35.5 Å².